The summed E-state index contributed by atoms with van der Waals surface area (Å²) in [7, 11) is 0. The van der Waals surface area contributed by atoms with Gasteiger partial charge in [-0.1, -0.05) is 0 Å². The third-order valence-corrected chi connectivity index (χ3v) is 2.27. The Balaban J connectivity index is 0. The second-order valence-electron chi connectivity index (χ2n) is 4.16. The molecule has 0 unspecified atom stereocenters. The fourth-order valence-corrected chi connectivity index (χ4v) is 1.20. The summed E-state index contributed by atoms with van der Waals surface area (Å²) in [6, 6.07) is 0. The van der Waals surface area contributed by atoms with Gasteiger partial charge < -0.3 is 33.6 Å². The number of carbonyl (C=O) groups excluding carboxylic acids is 1. The molecular weight excluding hydrogens is 244 g/mol. The predicted molar refractivity (Wildman–Crippen MR) is 80.6 cm³/mol. The molecule has 0 spiro atoms. The molecule has 0 aromatic carbocycles. The number of carbonyl (C=O) groups is 1. The summed E-state index contributed by atoms with van der Waals surface area (Å²) < 4.78 is 0. The number of unbranched alkanes of at least 4 members (excludes halogenated alkanes) is 1. The zero-order valence-corrected chi connectivity index (χ0v) is 12.0. The maximum atomic E-state index is 9.47. The smallest absolute Gasteiger partial charge is 0.231 e. The van der Waals surface area contributed by atoms with Crippen LogP contribution in [0.3, 0.4) is 0 Å². The minimum Gasteiger partial charge on any atom is -0.369 e. The standard InChI is InChI=1S/C10H26N4.C2H6N2O/c11-5-3-9-13-7-1-2-8-14-10-4-6-12;3-1-2(4)5/h13-14H,1-12H2;1,3H2,(H2,4,5). The van der Waals surface area contributed by atoms with Crippen LogP contribution in [0.2, 0.25) is 0 Å². The van der Waals surface area contributed by atoms with E-state index in [9.17, 15) is 4.79 Å². The summed E-state index contributed by atoms with van der Waals surface area (Å²) >= 11 is 0. The van der Waals surface area contributed by atoms with Crippen molar-refractivity contribution in [2.45, 2.75) is 25.7 Å². The minimum absolute atomic E-state index is 0.0556. The summed E-state index contributed by atoms with van der Waals surface area (Å²) in [6.07, 6.45) is 4.63. The molecule has 0 bridgehead atoms. The molecule has 0 saturated heterocycles. The van der Waals surface area contributed by atoms with E-state index in [2.05, 4.69) is 16.4 Å². The van der Waals surface area contributed by atoms with Crippen molar-refractivity contribution in [2.24, 2.45) is 22.9 Å². The lowest BCUT2D eigenvalue weighted by atomic mass is 10.3. The first-order valence-corrected chi connectivity index (χ1v) is 6.99. The van der Waals surface area contributed by atoms with Gasteiger partial charge in [0.2, 0.25) is 5.91 Å². The van der Waals surface area contributed by atoms with Crippen molar-refractivity contribution in [3.63, 3.8) is 0 Å². The third kappa shape index (κ3) is 26.7. The summed E-state index contributed by atoms with van der Waals surface area (Å²) in [5, 5.41) is 6.72. The van der Waals surface area contributed by atoms with Crippen LogP contribution < -0.4 is 33.6 Å². The average molecular weight is 276 g/mol. The highest BCUT2D eigenvalue weighted by Gasteiger charge is 1.89. The monoisotopic (exact) mass is 276 g/mol. The van der Waals surface area contributed by atoms with E-state index in [-0.39, 0.29) is 6.54 Å². The zero-order chi connectivity index (χ0) is 14.8. The van der Waals surface area contributed by atoms with E-state index >= 15 is 0 Å². The normalized spacial score (nSPS) is 9.84. The maximum absolute atomic E-state index is 9.47. The fraction of sp³-hybridized carbons (Fsp3) is 0.917. The molecule has 116 valence electrons. The lowest BCUT2D eigenvalue weighted by Gasteiger charge is -2.04. The highest BCUT2D eigenvalue weighted by atomic mass is 16.1. The predicted octanol–water partition coefficient (Wildman–Crippen LogP) is -1.93. The van der Waals surface area contributed by atoms with Crippen LogP contribution in [0.5, 0.6) is 0 Å². The van der Waals surface area contributed by atoms with Gasteiger partial charge in [0.1, 0.15) is 0 Å². The molecule has 0 atom stereocenters. The van der Waals surface area contributed by atoms with Crippen LogP contribution in [0.1, 0.15) is 25.7 Å². The van der Waals surface area contributed by atoms with Crippen LogP contribution in [-0.2, 0) is 4.79 Å². The second-order valence-corrected chi connectivity index (χ2v) is 4.16. The summed E-state index contributed by atoms with van der Waals surface area (Å²) in [4.78, 5) is 9.47. The first kappa shape index (κ1) is 20.6. The van der Waals surface area contributed by atoms with Crippen molar-refractivity contribution < 1.29 is 4.79 Å². The van der Waals surface area contributed by atoms with E-state index in [1.165, 1.54) is 12.8 Å². The lowest BCUT2D eigenvalue weighted by molar-refractivity contribution is -0.116. The number of rotatable bonds is 12. The van der Waals surface area contributed by atoms with Crippen LogP contribution in [0, 0.1) is 0 Å². The van der Waals surface area contributed by atoms with E-state index in [0.717, 1.165) is 52.1 Å². The molecule has 1 amide bonds. The zero-order valence-electron chi connectivity index (χ0n) is 12.0. The highest BCUT2D eigenvalue weighted by Crippen LogP contribution is 1.84. The molecule has 7 heteroatoms. The number of hydrogen-bond acceptors (Lipinski definition) is 6. The van der Waals surface area contributed by atoms with Crippen molar-refractivity contribution in [3.8, 4) is 0 Å². The molecule has 0 rings (SSSR count). The molecule has 0 saturated carbocycles. The Kier molecular flexibility index (Phi) is 21.2. The molecular formula is C12H32N6O. The Hall–Kier alpha value is -0.730. The van der Waals surface area contributed by atoms with Crippen LogP contribution in [0.4, 0.5) is 0 Å². The lowest BCUT2D eigenvalue weighted by Crippen LogP contribution is -2.22. The highest BCUT2D eigenvalue weighted by molar-refractivity contribution is 5.75. The van der Waals surface area contributed by atoms with E-state index in [4.69, 9.17) is 17.2 Å². The average Bonchev–Trinajstić information content (AvgIpc) is 2.41. The Bertz CT molecular complexity index is 168. The van der Waals surface area contributed by atoms with Gasteiger partial charge in [0.25, 0.3) is 0 Å². The number of nitrogens with one attached hydrogen (secondary N) is 2. The minimum atomic E-state index is -0.468. The number of amides is 1. The molecule has 0 aliphatic carbocycles. The van der Waals surface area contributed by atoms with Gasteiger partial charge in [0.05, 0.1) is 6.54 Å². The molecule has 7 nitrogen and oxygen atoms in total. The Morgan fingerprint density at radius 3 is 1.32 bits per heavy atom. The summed E-state index contributed by atoms with van der Waals surface area (Å²) in [6.45, 7) is 5.84. The topological polar surface area (TPSA) is 145 Å². The molecule has 19 heavy (non-hydrogen) atoms. The van der Waals surface area contributed by atoms with Crippen molar-refractivity contribution in [3.05, 3.63) is 0 Å². The molecule has 0 heterocycles. The van der Waals surface area contributed by atoms with Crippen LogP contribution in [0.25, 0.3) is 0 Å². The van der Waals surface area contributed by atoms with Gasteiger partial charge >= 0.3 is 0 Å². The number of primary amides is 1. The number of nitrogens with two attached hydrogens (primary N) is 4. The number of hydrogen-bond donors (Lipinski definition) is 6. The van der Waals surface area contributed by atoms with Crippen LogP contribution in [-0.4, -0.2) is 51.7 Å². The molecule has 0 aromatic heterocycles. The fourth-order valence-electron chi connectivity index (χ4n) is 1.20. The Morgan fingerprint density at radius 2 is 1.05 bits per heavy atom. The Labute approximate surface area is 116 Å². The van der Waals surface area contributed by atoms with Gasteiger partial charge in [-0.2, -0.15) is 0 Å². The second kappa shape index (κ2) is 19.6. The van der Waals surface area contributed by atoms with Gasteiger partial charge in [-0.05, 0) is 65.0 Å². The van der Waals surface area contributed by atoms with Crippen LogP contribution >= 0.6 is 0 Å². The quantitative estimate of drug-likeness (QED) is 0.229. The van der Waals surface area contributed by atoms with Crippen LogP contribution in [0.15, 0.2) is 0 Å². The van der Waals surface area contributed by atoms with E-state index < -0.39 is 5.91 Å². The van der Waals surface area contributed by atoms with Gasteiger partial charge in [0, 0.05) is 0 Å². The molecule has 0 aliphatic rings. The Morgan fingerprint density at radius 1 is 0.737 bits per heavy atom. The third-order valence-electron chi connectivity index (χ3n) is 2.27. The van der Waals surface area contributed by atoms with Crippen molar-refractivity contribution >= 4 is 5.91 Å². The van der Waals surface area contributed by atoms with E-state index in [1.54, 1.807) is 0 Å². The van der Waals surface area contributed by atoms with E-state index in [0.29, 0.717) is 0 Å². The van der Waals surface area contributed by atoms with E-state index in [1.807, 2.05) is 0 Å². The summed E-state index contributed by atoms with van der Waals surface area (Å²) in [5.41, 5.74) is 20.0. The van der Waals surface area contributed by atoms with Crippen molar-refractivity contribution in [1.82, 2.24) is 10.6 Å². The SMILES string of the molecule is NCC(N)=O.NCCCNCCCCNCCCN. The molecule has 0 radical (unpaired) electrons. The molecule has 10 N–H and O–H groups in total. The summed E-state index contributed by atoms with van der Waals surface area (Å²) in [5.74, 6) is -0.468. The molecule has 0 aliphatic heterocycles. The van der Waals surface area contributed by atoms with Gasteiger partial charge in [-0.15, -0.1) is 0 Å². The van der Waals surface area contributed by atoms with Gasteiger partial charge in [-0.25, -0.2) is 0 Å². The molecule has 0 fully saturated rings. The largest absolute Gasteiger partial charge is 0.369 e. The first-order valence-electron chi connectivity index (χ1n) is 6.99. The van der Waals surface area contributed by atoms with Gasteiger partial charge in [-0.3, -0.25) is 4.79 Å². The van der Waals surface area contributed by atoms with Crippen molar-refractivity contribution in [2.75, 3.05) is 45.8 Å². The first-order chi connectivity index (χ1) is 9.18. The molecule has 0 aromatic rings. The van der Waals surface area contributed by atoms with Crippen molar-refractivity contribution in [1.29, 1.82) is 0 Å². The van der Waals surface area contributed by atoms with Gasteiger partial charge in [0.15, 0.2) is 0 Å². The maximum Gasteiger partial charge on any atom is 0.231 e.